The number of hydrogen-bond acceptors (Lipinski definition) is 2. The average molecular weight is 248 g/mol. The van der Waals surface area contributed by atoms with Crippen molar-refractivity contribution in [2.75, 3.05) is 11.1 Å². The van der Waals surface area contributed by atoms with Crippen LogP contribution in [0.15, 0.2) is 42.5 Å². The molecular formula is C13H10F2N2O. The van der Waals surface area contributed by atoms with Crippen LogP contribution in [0.4, 0.5) is 20.2 Å². The summed E-state index contributed by atoms with van der Waals surface area (Å²) < 4.78 is 26.5. The maximum absolute atomic E-state index is 13.3. The summed E-state index contributed by atoms with van der Waals surface area (Å²) in [5, 5.41) is 2.33. The molecule has 0 spiro atoms. The number of carbonyl (C=O) groups is 1. The minimum atomic E-state index is -0.684. The predicted molar refractivity (Wildman–Crippen MR) is 65.2 cm³/mol. The second-order valence-electron chi connectivity index (χ2n) is 3.64. The number of para-hydroxylation sites is 2. The number of anilines is 2. The molecule has 3 N–H and O–H groups in total. The molecule has 0 bridgehead atoms. The van der Waals surface area contributed by atoms with Crippen molar-refractivity contribution in [2.24, 2.45) is 0 Å². The molecule has 1 amide bonds. The lowest BCUT2D eigenvalue weighted by Crippen LogP contribution is -2.15. The normalized spacial score (nSPS) is 10.1. The minimum Gasteiger partial charge on any atom is -0.396 e. The lowest BCUT2D eigenvalue weighted by molar-refractivity contribution is 0.102. The van der Waals surface area contributed by atoms with E-state index in [2.05, 4.69) is 5.32 Å². The molecular weight excluding hydrogens is 238 g/mol. The summed E-state index contributed by atoms with van der Waals surface area (Å²) in [6.07, 6.45) is 0. The quantitative estimate of drug-likeness (QED) is 0.803. The monoisotopic (exact) mass is 248 g/mol. The first-order chi connectivity index (χ1) is 8.59. The molecule has 5 heteroatoms. The van der Waals surface area contributed by atoms with E-state index >= 15 is 0 Å². The topological polar surface area (TPSA) is 55.1 Å². The van der Waals surface area contributed by atoms with Gasteiger partial charge in [-0.25, -0.2) is 8.78 Å². The van der Waals surface area contributed by atoms with Crippen LogP contribution >= 0.6 is 0 Å². The van der Waals surface area contributed by atoms with Crippen molar-refractivity contribution in [3.8, 4) is 0 Å². The van der Waals surface area contributed by atoms with Crippen LogP contribution in [-0.4, -0.2) is 5.91 Å². The molecule has 0 aliphatic carbocycles. The summed E-state index contributed by atoms with van der Waals surface area (Å²) >= 11 is 0. The zero-order valence-corrected chi connectivity index (χ0v) is 9.28. The van der Waals surface area contributed by atoms with Crippen molar-refractivity contribution in [3.05, 3.63) is 59.7 Å². The molecule has 0 aliphatic heterocycles. The van der Waals surface area contributed by atoms with Crippen molar-refractivity contribution in [2.45, 2.75) is 0 Å². The number of rotatable bonds is 2. The third kappa shape index (κ3) is 2.29. The fourth-order valence-electron chi connectivity index (χ4n) is 1.49. The Bertz CT molecular complexity index is 599. The number of carbonyl (C=O) groups excluding carboxylic acids is 1. The summed E-state index contributed by atoms with van der Waals surface area (Å²) in [5.41, 5.74) is 5.18. The molecule has 0 heterocycles. The molecule has 0 aromatic heterocycles. The molecule has 3 nitrogen and oxygen atoms in total. The number of nitrogens with one attached hydrogen (secondary N) is 1. The Morgan fingerprint density at radius 2 is 1.67 bits per heavy atom. The molecule has 18 heavy (non-hydrogen) atoms. The van der Waals surface area contributed by atoms with Gasteiger partial charge in [-0.1, -0.05) is 18.2 Å². The van der Waals surface area contributed by atoms with Crippen LogP contribution in [0.5, 0.6) is 0 Å². The highest BCUT2D eigenvalue weighted by molar-refractivity contribution is 6.07. The van der Waals surface area contributed by atoms with Gasteiger partial charge in [-0.15, -0.1) is 0 Å². The molecule has 0 radical (unpaired) electrons. The van der Waals surface area contributed by atoms with Gasteiger partial charge in [0.2, 0.25) is 0 Å². The Hall–Kier alpha value is -2.43. The number of halogens is 2. The van der Waals surface area contributed by atoms with Gasteiger partial charge in [0.15, 0.2) is 0 Å². The van der Waals surface area contributed by atoms with Crippen LogP contribution in [0, 0.1) is 11.6 Å². The van der Waals surface area contributed by atoms with E-state index in [1.165, 1.54) is 30.3 Å². The highest BCUT2D eigenvalue weighted by Crippen LogP contribution is 2.19. The summed E-state index contributed by atoms with van der Waals surface area (Å²) in [5.74, 6) is -1.91. The van der Waals surface area contributed by atoms with Crippen LogP contribution in [0.1, 0.15) is 10.4 Å². The first-order valence-corrected chi connectivity index (χ1v) is 5.19. The van der Waals surface area contributed by atoms with Gasteiger partial charge in [0, 0.05) is 0 Å². The van der Waals surface area contributed by atoms with Crippen LogP contribution < -0.4 is 11.1 Å². The van der Waals surface area contributed by atoms with Gasteiger partial charge >= 0.3 is 0 Å². The number of amides is 1. The second kappa shape index (κ2) is 4.83. The maximum atomic E-state index is 13.3. The fourth-order valence-corrected chi connectivity index (χ4v) is 1.49. The fraction of sp³-hybridized carbons (Fsp3) is 0. The van der Waals surface area contributed by atoms with E-state index in [0.29, 0.717) is 0 Å². The Balaban J connectivity index is 2.28. The van der Waals surface area contributed by atoms with E-state index in [1.807, 2.05) is 0 Å². The van der Waals surface area contributed by atoms with Gasteiger partial charge in [-0.05, 0) is 24.3 Å². The molecule has 2 aromatic rings. The first-order valence-electron chi connectivity index (χ1n) is 5.19. The Morgan fingerprint density at radius 1 is 1.00 bits per heavy atom. The largest absolute Gasteiger partial charge is 0.396 e. The Morgan fingerprint density at radius 3 is 2.39 bits per heavy atom. The molecule has 0 saturated carbocycles. The SMILES string of the molecule is Nc1c(F)cccc1C(=O)Nc1ccccc1F. The third-order valence-electron chi connectivity index (χ3n) is 2.42. The standard InChI is InChI=1S/C13H10F2N2O/c14-9-5-1-2-7-11(9)17-13(18)8-4-3-6-10(15)12(8)16/h1-7H,16H2,(H,17,18). The molecule has 0 atom stereocenters. The first kappa shape index (κ1) is 12.0. The minimum absolute atomic E-state index is 0.0196. The molecule has 92 valence electrons. The van der Waals surface area contributed by atoms with Gasteiger partial charge in [-0.3, -0.25) is 4.79 Å². The highest BCUT2D eigenvalue weighted by Gasteiger charge is 2.13. The lowest BCUT2D eigenvalue weighted by atomic mass is 10.1. The number of benzene rings is 2. The van der Waals surface area contributed by atoms with E-state index in [-0.39, 0.29) is 16.9 Å². The van der Waals surface area contributed by atoms with Crippen molar-refractivity contribution >= 4 is 17.3 Å². The van der Waals surface area contributed by atoms with Gasteiger partial charge in [0.1, 0.15) is 11.6 Å². The van der Waals surface area contributed by atoms with Crippen molar-refractivity contribution in [1.29, 1.82) is 0 Å². The second-order valence-corrected chi connectivity index (χ2v) is 3.64. The van der Waals surface area contributed by atoms with E-state index in [0.717, 1.165) is 6.07 Å². The molecule has 0 aliphatic rings. The molecule has 2 aromatic carbocycles. The van der Waals surface area contributed by atoms with Crippen molar-refractivity contribution < 1.29 is 13.6 Å². The van der Waals surface area contributed by atoms with Crippen LogP contribution in [0.2, 0.25) is 0 Å². The molecule has 0 saturated heterocycles. The average Bonchev–Trinajstić information content (AvgIpc) is 2.35. The lowest BCUT2D eigenvalue weighted by Gasteiger charge is -2.08. The maximum Gasteiger partial charge on any atom is 0.257 e. The predicted octanol–water partition coefficient (Wildman–Crippen LogP) is 2.80. The van der Waals surface area contributed by atoms with Crippen LogP contribution in [-0.2, 0) is 0 Å². The molecule has 2 rings (SSSR count). The Labute approximate surface area is 102 Å². The summed E-state index contributed by atoms with van der Waals surface area (Å²) in [6, 6.07) is 9.58. The van der Waals surface area contributed by atoms with E-state index < -0.39 is 17.5 Å². The van der Waals surface area contributed by atoms with Gasteiger partial charge in [-0.2, -0.15) is 0 Å². The number of nitrogens with two attached hydrogens (primary N) is 1. The van der Waals surface area contributed by atoms with E-state index in [4.69, 9.17) is 5.73 Å². The summed E-state index contributed by atoms with van der Waals surface area (Å²) in [7, 11) is 0. The molecule has 0 fully saturated rings. The number of nitrogen functional groups attached to an aromatic ring is 1. The van der Waals surface area contributed by atoms with Crippen LogP contribution in [0.25, 0.3) is 0 Å². The van der Waals surface area contributed by atoms with Gasteiger partial charge in [0.25, 0.3) is 5.91 Å². The smallest absolute Gasteiger partial charge is 0.257 e. The van der Waals surface area contributed by atoms with Gasteiger partial charge < -0.3 is 11.1 Å². The number of hydrogen-bond donors (Lipinski definition) is 2. The Kier molecular flexibility index (Phi) is 3.23. The van der Waals surface area contributed by atoms with Gasteiger partial charge in [0.05, 0.1) is 16.9 Å². The summed E-state index contributed by atoms with van der Waals surface area (Å²) in [4.78, 5) is 11.8. The van der Waals surface area contributed by atoms with Crippen LogP contribution in [0.3, 0.4) is 0 Å². The van der Waals surface area contributed by atoms with E-state index in [1.54, 1.807) is 6.07 Å². The zero-order chi connectivity index (χ0) is 13.1. The third-order valence-corrected chi connectivity index (χ3v) is 2.42. The van der Waals surface area contributed by atoms with Crippen molar-refractivity contribution in [3.63, 3.8) is 0 Å². The van der Waals surface area contributed by atoms with Crippen molar-refractivity contribution in [1.82, 2.24) is 0 Å². The summed E-state index contributed by atoms with van der Waals surface area (Å²) in [6.45, 7) is 0. The zero-order valence-electron chi connectivity index (χ0n) is 9.28. The highest BCUT2D eigenvalue weighted by atomic mass is 19.1. The molecule has 0 unspecified atom stereocenters. The van der Waals surface area contributed by atoms with E-state index in [9.17, 15) is 13.6 Å².